The first-order valence-corrected chi connectivity index (χ1v) is 6.32. The van der Waals surface area contributed by atoms with E-state index in [1.165, 1.54) is 18.1 Å². The molecule has 0 radical (unpaired) electrons. The minimum Gasteiger partial charge on any atom is -0.372 e. The van der Waals surface area contributed by atoms with Crippen LogP contribution in [0.1, 0.15) is 13.8 Å². The molecule has 1 aromatic carbocycles. The fourth-order valence-corrected chi connectivity index (χ4v) is 1.89. The van der Waals surface area contributed by atoms with E-state index in [4.69, 9.17) is 0 Å². The summed E-state index contributed by atoms with van der Waals surface area (Å²) in [6.45, 7) is 6.19. The molecule has 0 fully saturated rings. The van der Waals surface area contributed by atoms with Crippen LogP contribution >= 0.6 is 0 Å². The van der Waals surface area contributed by atoms with Crippen LogP contribution in [-0.4, -0.2) is 23.1 Å². The molecule has 1 heterocycles. The van der Waals surface area contributed by atoms with Gasteiger partial charge in [-0.3, -0.25) is 0 Å². The van der Waals surface area contributed by atoms with Gasteiger partial charge in [-0.25, -0.2) is 9.97 Å². The van der Waals surface area contributed by atoms with Crippen molar-refractivity contribution in [3.05, 3.63) is 42.6 Å². The summed E-state index contributed by atoms with van der Waals surface area (Å²) < 4.78 is 12.9. The normalized spacial score (nSPS) is 10.3. The summed E-state index contributed by atoms with van der Waals surface area (Å²) in [5.41, 5.74) is 2.04. The van der Waals surface area contributed by atoms with E-state index < -0.39 is 5.95 Å². The van der Waals surface area contributed by atoms with E-state index in [-0.39, 0.29) is 0 Å². The molecule has 0 aliphatic carbocycles. The fraction of sp³-hybridized carbons (Fsp3) is 0.286. The molecule has 4 nitrogen and oxygen atoms in total. The average Bonchev–Trinajstić information content (AvgIpc) is 2.42. The first-order valence-electron chi connectivity index (χ1n) is 6.32. The van der Waals surface area contributed by atoms with E-state index in [1.807, 2.05) is 24.3 Å². The lowest BCUT2D eigenvalue weighted by molar-refractivity contribution is 0.580. The molecule has 0 saturated heterocycles. The van der Waals surface area contributed by atoms with E-state index in [1.54, 1.807) is 0 Å². The highest BCUT2D eigenvalue weighted by atomic mass is 19.1. The van der Waals surface area contributed by atoms with Crippen LogP contribution in [0.25, 0.3) is 0 Å². The van der Waals surface area contributed by atoms with Crippen LogP contribution < -0.4 is 10.2 Å². The Morgan fingerprint density at radius 3 is 2.37 bits per heavy atom. The lowest BCUT2D eigenvalue weighted by Crippen LogP contribution is -2.21. The molecule has 100 valence electrons. The molecule has 5 heteroatoms. The summed E-state index contributed by atoms with van der Waals surface area (Å²) in [7, 11) is 0. The van der Waals surface area contributed by atoms with Gasteiger partial charge in [0.15, 0.2) is 0 Å². The highest BCUT2D eigenvalue weighted by molar-refractivity contribution is 5.60. The van der Waals surface area contributed by atoms with Crippen molar-refractivity contribution in [2.24, 2.45) is 0 Å². The second-order valence-electron chi connectivity index (χ2n) is 4.07. The Morgan fingerprint density at radius 2 is 1.79 bits per heavy atom. The largest absolute Gasteiger partial charge is 0.372 e. The maximum atomic E-state index is 12.9. The summed E-state index contributed by atoms with van der Waals surface area (Å²) >= 11 is 0. The number of nitrogens with one attached hydrogen (secondary N) is 1. The van der Waals surface area contributed by atoms with Gasteiger partial charge in [0.1, 0.15) is 12.1 Å². The maximum absolute atomic E-state index is 12.9. The van der Waals surface area contributed by atoms with Gasteiger partial charge in [-0.1, -0.05) is 0 Å². The summed E-state index contributed by atoms with van der Waals surface area (Å²) in [6, 6.07) is 9.24. The molecule has 0 saturated carbocycles. The molecule has 0 spiro atoms. The van der Waals surface area contributed by atoms with Crippen molar-refractivity contribution in [3.63, 3.8) is 0 Å². The van der Waals surface area contributed by atoms with Gasteiger partial charge < -0.3 is 10.2 Å². The first-order chi connectivity index (χ1) is 9.22. The van der Waals surface area contributed by atoms with Crippen LogP contribution in [0, 0.1) is 5.95 Å². The predicted molar refractivity (Wildman–Crippen MR) is 75.3 cm³/mol. The van der Waals surface area contributed by atoms with E-state index in [2.05, 4.69) is 34.0 Å². The molecule has 0 aliphatic heterocycles. The minimum absolute atomic E-state index is 0.447. The topological polar surface area (TPSA) is 41.0 Å². The minimum atomic E-state index is -0.544. The van der Waals surface area contributed by atoms with Crippen molar-refractivity contribution in [2.45, 2.75) is 13.8 Å². The number of hydrogen-bond donors (Lipinski definition) is 1. The number of anilines is 3. The molecule has 1 aromatic heterocycles. The van der Waals surface area contributed by atoms with Gasteiger partial charge >= 0.3 is 0 Å². The molecule has 0 atom stereocenters. The average molecular weight is 260 g/mol. The van der Waals surface area contributed by atoms with Crippen LogP contribution in [0.2, 0.25) is 0 Å². The molecule has 1 N–H and O–H groups in total. The molecular weight excluding hydrogens is 243 g/mol. The third kappa shape index (κ3) is 3.40. The van der Waals surface area contributed by atoms with Gasteiger partial charge in [0.2, 0.25) is 5.95 Å². The number of hydrogen-bond acceptors (Lipinski definition) is 4. The Bertz CT molecular complexity index is 523. The predicted octanol–water partition coefficient (Wildman–Crippen LogP) is 3.21. The molecule has 0 bridgehead atoms. The third-order valence-corrected chi connectivity index (χ3v) is 2.90. The Balaban J connectivity index is 2.10. The quantitative estimate of drug-likeness (QED) is 0.838. The number of rotatable bonds is 5. The smallest absolute Gasteiger partial charge is 0.218 e. The van der Waals surface area contributed by atoms with Crippen LogP contribution in [-0.2, 0) is 0 Å². The van der Waals surface area contributed by atoms with Crippen LogP contribution in [0.15, 0.2) is 36.7 Å². The van der Waals surface area contributed by atoms with Crippen LogP contribution in [0.5, 0.6) is 0 Å². The van der Waals surface area contributed by atoms with Crippen LogP contribution in [0.3, 0.4) is 0 Å². The number of nitrogens with zero attached hydrogens (tertiary/aromatic N) is 3. The first kappa shape index (κ1) is 13.3. The molecule has 19 heavy (non-hydrogen) atoms. The zero-order chi connectivity index (χ0) is 13.7. The standard InChI is InChI=1S/C14H17FN4/c1-3-19(4-2)12-7-5-11(6-8-12)18-14-9-13(15)16-10-17-14/h5-10H,3-4H2,1-2H3,(H,16,17,18). The van der Waals surface area contributed by atoms with Gasteiger partial charge in [-0.05, 0) is 38.1 Å². The Morgan fingerprint density at radius 1 is 1.11 bits per heavy atom. The summed E-state index contributed by atoms with van der Waals surface area (Å²) in [6.07, 6.45) is 1.20. The van der Waals surface area contributed by atoms with E-state index in [0.717, 1.165) is 18.8 Å². The molecule has 0 aliphatic rings. The highest BCUT2D eigenvalue weighted by Crippen LogP contribution is 2.20. The van der Waals surface area contributed by atoms with Crippen molar-refractivity contribution < 1.29 is 4.39 Å². The molecular formula is C14H17FN4. The zero-order valence-electron chi connectivity index (χ0n) is 11.1. The lowest BCUT2D eigenvalue weighted by Gasteiger charge is -2.21. The van der Waals surface area contributed by atoms with Crippen molar-refractivity contribution >= 4 is 17.2 Å². The molecule has 2 rings (SSSR count). The van der Waals surface area contributed by atoms with E-state index >= 15 is 0 Å². The van der Waals surface area contributed by atoms with Gasteiger partial charge in [0, 0.05) is 30.5 Å². The highest BCUT2D eigenvalue weighted by Gasteiger charge is 2.02. The van der Waals surface area contributed by atoms with Crippen molar-refractivity contribution in [3.8, 4) is 0 Å². The number of aromatic nitrogens is 2. The molecule has 0 amide bonds. The lowest BCUT2D eigenvalue weighted by atomic mass is 10.2. The van der Waals surface area contributed by atoms with Gasteiger partial charge in [0.25, 0.3) is 0 Å². The SMILES string of the molecule is CCN(CC)c1ccc(Nc2cc(F)ncn2)cc1. The molecule has 2 aromatic rings. The monoisotopic (exact) mass is 260 g/mol. The number of halogens is 1. The fourth-order valence-electron chi connectivity index (χ4n) is 1.89. The van der Waals surface area contributed by atoms with Crippen molar-refractivity contribution in [1.29, 1.82) is 0 Å². The van der Waals surface area contributed by atoms with Crippen LogP contribution in [0.4, 0.5) is 21.6 Å². The summed E-state index contributed by atoms with van der Waals surface area (Å²) in [4.78, 5) is 9.63. The maximum Gasteiger partial charge on any atom is 0.218 e. The van der Waals surface area contributed by atoms with Gasteiger partial charge in [0.05, 0.1) is 0 Å². The Kier molecular flexibility index (Phi) is 4.28. The van der Waals surface area contributed by atoms with Gasteiger partial charge in [-0.2, -0.15) is 4.39 Å². The van der Waals surface area contributed by atoms with Crippen molar-refractivity contribution in [2.75, 3.05) is 23.3 Å². The van der Waals surface area contributed by atoms with Crippen molar-refractivity contribution in [1.82, 2.24) is 9.97 Å². The molecule has 0 unspecified atom stereocenters. The number of benzene rings is 1. The van der Waals surface area contributed by atoms with E-state index in [0.29, 0.717) is 5.82 Å². The summed E-state index contributed by atoms with van der Waals surface area (Å²) in [5, 5.41) is 3.04. The van der Waals surface area contributed by atoms with Gasteiger partial charge in [-0.15, -0.1) is 0 Å². The summed E-state index contributed by atoms with van der Waals surface area (Å²) in [5.74, 6) is -0.0969. The second-order valence-corrected chi connectivity index (χ2v) is 4.07. The third-order valence-electron chi connectivity index (χ3n) is 2.90. The second kappa shape index (κ2) is 6.13. The Labute approximate surface area is 112 Å². The Hall–Kier alpha value is -2.17. The van der Waals surface area contributed by atoms with E-state index in [9.17, 15) is 4.39 Å². The zero-order valence-corrected chi connectivity index (χ0v) is 11.1.